The van der Waals surface area contributed by atoms with E-state index in [2.05, 4.69) is 4.90 Å². The van der Waals surface area contributed by atoms with Crippen LogP contribution in [0, 0.1) is 5.92 Å². The topological polar surface area (TPSA) is 49.8 Å². The SMILES string of the molecule is CC(Cc1ccc(CN2CCOCC2)c(Cl)c1)C(=O)O. The number of nitrogens with zero attached hydrogens (tertiary/aromatic N) is 1. The largest absolute Gasteiger partial charge is 0.481 e. The molecule has 110 valence electrons. The van der Waals surface area contributed by atoms with Crippen molar-refractivity contribution in [3.8, 4) is 0 Å². The van der Waals surface area contributed by atoms with Crippen LogP contribution >= 0.6 is 11.6 Å². The molecule has 1 aliphatic rings. The van der Waals surface area contributed by atoms with E-state index in [4.69, 9.17) is 21.4 Å². The van der Waals surface area contributed by atoms with Crippen LogP contribution in [0.2, 0.25) is 5.02 Å². The third-order valence-corrected chi connectivity index (χ3v) is 3.93. The third-order valence-electron chi connectivity index (χ3n) is 3.58. The fraction of sp³-hybridized carbons (Fsp3) is 0.533. The summed E-state index contributed by atoms with van der Waals surface area (Å²) in [7, 11) is 0. The fourth-order valence-corrected chi connectivity index (χ4v) is 2.55. The zero-order valence-corrected chi connectivity index (χ0v) is 12.4. The van der Waals surface area contributed by atoms with Gasteiger partial charge in [-0.05, 0) is 23.6 Å². The highest BCUT2D eigenvalue weighted by Gasteiger charge is 2.15. The summed E-state index contributed by atoms with van der Waals surface area (Å²) in [6.45, 7) is 5.91. The van der Waals surface area contributed by atoms with Crippen molar-refractivity contribution in [3.05, 3.63) is 34.3 Å². The van der Waals surface area contributed by atoms with E-state index in [1.165, 1.54) is 0 Å². The predicted octanol–water partition coefficient (Wildman–Crippen LogP) is 2.44. The van der Waals surface area contributed by atoms with Crippen molar-refractivity contribution in [2.45, 2.75) is 19.9 Å². The summed E-state index contributed by atoms with van der Waals surface area (Å²) in [5, 5.41) is 9.65. The molecule has 2 rings (SSSR count). The molecule has 1 saturated heterocycles. The maximum absolute atomic E-state index is 10.9. The molecule has 0 amide bonds. The van der Waals surface area contributed by atoms with Crippen molar-refractivity contribution in [2.24, 2.45) is 5.92 Å². The van der Waals surface area contributed by atoms with Gasteiger partial charge in [-0.15, -0.1) is 0 Å². The Balaban J connectivity index is 1.99. The summed E-state index contributed by atoms with van der Waals surface area (Å²) in [6.07, 6.45) is 0.507. The molecule has 1 aromatic carbocycles. The minimum Gasteiger partial charge on any atom is -0.481 e. The Bertz CT molecular complexity index is 472. The number of benzene rings is 1. The zero-order valence-electron chi connectivity index (χ0n) is 11.6. The highest BCUT2D eigenvalue weighted by atomic mass is 35.5. The van der Waals surface area contributed by atoms with Crippen LogP contribution in [-0.4, -0.2) is 42.3 Å². The molecule has 4 nitrogen and oxygen atoms in total. The van der Waals surface area contributed by atoms with Crippen LogP contribution < -0.4 is 0 Å². The molecule has 0 aromatic heterocycles. The van der Waals surface area contributed by atoms with E-state index in [1.807, 2.05) is 18.2 Å². The molecule has 1 aliphatic heterocycles. The second kappa shape index (κ2) is 7.07. The molecule has 1 heterocycles. The number of hydrogen-bond acceptors (Lipinski definition) is 3. The lowest BCUT2D eigenvalue weighted by molar-refractivity contribution is -0.141. The number of rotatable bonds is 5. The van der Waals surface area contributed by atoms with Crippen LogP contribution in [-0.2, 0) is 22.5 Å². The summed E-state index contributed by atoms with van der Waals surface area (Å²) in [4.78, 5) is 13.2. The molecule has 0 aliphatic carbocycles. The monoisotopic (exact) mass is 297 g/mol. The Hall–Kier alpha value is -1.10. The number of carbonyl (C=O) groups is 1. The van der Waals surface area contributed by atoms with Crippen LogP contribution in [0.5, 0.6) is 0 Å². The summed E-state index contributed by atoms with van der Waals surface area (Å²) in [6, 6.07) is 5.86. The van der Waals surface area contributed by atoms with Gasteiger partial charge in [0.15, 0.2) is 0 Å². The van der Waals surface area contributed by atoms with Gasteiger partial charge in [0.2, 0.25) is 0 Å². The molecular weight excluding hydrogens is 278 g/mol. The second-order valence-corrected chi connectivity index (χ2v) is 5.66. The summed E-state index contributed by atoms with van der Waals surface area (Å²) >= 11 is 6.31. The number of halogens is 1. The number of ether oxygens (including phenoxy) is 1. The predicted molar refractivity (Wildman–Crippen MR) is 78.1 cm³/mol. The third kappa shape index (κ3) is 4.20. The zero-order chi connectivity index (χ0) is 14.5. The fourth-order valence-electron chi connectivity index (χ4n) is 2.29. The molecule has 0 spiro atoms. The Kier molecular flexibility index (Phi) is 5.40. The number of carboxylic acid groups (broad SMARTS) is 1. The molecule has 0 radical (unpaired) electrons. The first-order valence-electron chi connectivity index (χ1n) is 6.86. The van der Waals surface area contributed by atoms with Gasteiger partial charge in [0.1, 0.15) is 0 Å². The molecule has 1 aromatic rings. The van der Waals surface area contributed by atoms with E-state index < -0.39 is 11.9 Å². The Morgan fingerprint density at radius 3 is 2.75 bits per heavy atom. The second-order valence-electron chi connectivity index (χ2n) is 5.26. The van der Waals surface area contributed by atoms with Gasteiger partial charge >= 0.3 is 5.97 Å². The van der Waals surface area contributed by atoms with Crippen molar-refractivity contribution in [2.75, 3.05) is 26.3 Å². The van der Waals surface area contributed by atoms with Crippen LogP contribution in [0.3, 0.4) is 0 Å². The smallest absolute Gasteiger partial charge is 0.306 e. The van der Waals surface area contributed by atoms with E-state index in [9.17, 15) is 4.79 Å². The summed E-state index contributed by atoms with van der Waals surface area (Å²) in [5.41, 5.74) is 2.05. The summed E-state index contributed by atoms with van der Waals surface area (Å²) < 4.78 is 5.32. The molecule has 5 heteroatoms. The number of hydrogen-bond donors (Lipinski definition) is 1. The Morgan fingerprint density at radius 1 is 1.45 bits per heavy atom. The van der Waals surface area contributed by atoms with Gasteiger partial charge in [0.05, 0.1) is 19.1 Å². The van der Waals surface area contributed by atoms with Crippen LogP contribution in [0.4, 0.5) is 0 Å². The van der Waals surface area contributed by atoms with E-state index in [0.29, 0.717) is 11.4 Å². The van der Waals surface area contributed by atoms with Crippen LogP contribution in [0.25, 0.3) is 0 Å². The molecular formula is C15H20ClNO3. The van der Waals surface area contributed by atoms with Gasteiger partial charge in [0, 0.05) is 24.7 Å². The average molecular weight is 298 g/mol. The first kappa shape index (κ1) is 15.3. The van der Waals surface area contributed by atoms with Crippen LogP contribution in [0.1, 0.15) is 18.1 Å². The van der Waals surface area contributed by atoms with Crippen molar-refractivity contribution in [1.29, 1.82) is 0 Å². The van der Waals surface area contributed by atoms with Crippen molar-refractivity contribution >= 4 is 17.6 Å². The molecule has 20 heavy (non-hydrogen) atoms. The van der Waals surface area contributed by atoms with Crippen molar-refractivity contribution < 1.29 is 14.6 Å². The Morgan fingerprint density at radius 2 is 2.15 bits per heavy atom. The van der Waals surface area contributed by atoms with Crippen molar-refractivity contribution in [1.82, 2.24) is 4.90 Å². The molecule has 1 unspecified atom stereocenters. The summed E-state index contributed by atoms with van der Waals surface area (Å²) in [5.74, 6) is -1.17. The highest BCUT2D eigenvalue weighted by Crippen LogP contribution is 2.22. The van der Waals surface area contributed by atoms with Crippen molar-refractivity contribution in [3.63, 3.8) is 0 Å². The lowest BCUT2D eigenvalue weighted by Gasteiger charge is -2.27. The van der Waals surface area contributed by atoms with E-state index >= 15 is 0 Å². The number of carboxylic acids is 1. The molecule has 1 fully saturated rings. The molecule has 1 atom stereocenters. The van der Waals surface area contributed by atoms with E-state index in [-0.39, 0.29) is 0 Å². The van der Waals surface area contributed by atoms with E-state index in [1.54, 1.807) is 6.92 Å². The number of aliphatic carboxylic acids is 1. The highest BCUT2D eigenvalue weighted by molar-refractivity contribution is 6.31. The number of morpholine rings is 1. The lowest BCUT2D eigenvalue weighted by atomic mass is 10.00. The van der Waals surface area contributed by atoms with Gasteiger partial charge in [-0.1, -0.05) is 30.7 Å². The standard InChI is InChI=1S/C15H20ClNO3/c1-11(15(18)19)8-12-2-3-13(14(16)9-12)10-17-4-6-20-7-5-17/h2-3,9,11H,4-8,10H2,1H3,(H,18,19). The first-order chi connectivity index (χ1) is 9.56. The normalized spacial score (nSPS) is 17.9. The van der Waals surface area contributed by atoms with Gasteiger partial charge in [-0.3, -0.25) is 9.69 Å². The minimum absolute atomic E-state index is 0.392. The van der Waals surface area contributed by atoms with E-state index in [0.717, 1.165) is 44.0 Å². The maximum Gasteiger partial charge on any atom is 0.306 e. The van der Waals surface area contributed by atoms with Gasteiger partial charge in [-0.25, -0.2) is 0 Å². The quantitative estimate of drug-likeness (QED) is 0.907. The first-order valence-corrected chi connectivity index (χ1v) is 7.24. The van der Waals surface area contributed by atoms with Crippen LogP contribution in [0.15, 0.2) is 18.2 Å². The van der Waals surface area contributed by atoms with Gasteiger partial charge in [-0.2, -0.15) is 0 Å². The van der Waals surface area contributed by atoms with Gasteiger partial charge < -0.3 is 9.84 Å². The average Bonchev–Trinajstić information content (AvgIpc) is 2.43. The maximum atomic E-state index is 10.9. The molecule has 1 N–H and O–H groups in total. The minimum atomic E-state index is -0.779. The van der Waals surface area contributed by atoms with Gasteiger partial charge in [0.25, 0.3) is 0 Å². The molecule has 0 bridgehead atoms. The lowest BCUT2D eigenvalue weighted by Crippen LogP contribution is -2.35. The Labute approximate surface area is 124 Å². The molecule has 0 saturated carbocycles.